The first-order valence-electron chi connectivity index (χ1n) is 6.26. The van der Waals surface area contributed by atoms with Gasteiger partial charge in [0.2, 0.25) is 0 Å². The molecule has 2 rings (SSSR count). The summed E-state index contributed by atoms with van der Waals surface area (Å²) in [5, 5.41) is 10.4. The van der Waals surface area contributed by atoms with Crippen LogP contribution in [0.15, 0.2) is 0 Å². The summed E-state index contributed by atoms with van der Waals surface area (Å²) in [6, 6.07) is -0.152. The minimum atomic E-state index is -2.80. The summed E-state index contributed by atoms with van der Waals surface area (Å²) in [5.41, 5.74) is -0.819. The van der Waals surface area contributed by atoms with Gasteiger partial charge in [-0.2, -0.15) is 0 Å². The average molecular weight is 311 g/mol. The molecule has 6 nitrogen and oxygen atoms in total. The maximum absolute atomic E-state index is 13.2. The molecule has 0 aromatic carbocycles. The van der Waals surface area contributed by atoms with Crippen LogP contribution in [0.5, 0.6) is 0 Å². The number of piperidine rings is 1. The number of halogens is 3. The van der Waals surface area contributed by atoms with Crippen LogP contribution in [0.2, 0.25) is 0 Å². The summed E-state index contributed by atoms with van der Waals surface area (Å²) in [7, 11) is 0. The number of hydrogen-bond acceptors (Lipinski definition) is 5. The number of esters is 1. The number of carbonyl (C=O) groups excluding carboxylic acids is 1. The fraction of sp³-hybridized carbons (Fsp3) is 0.727. The van der Waals surface area contributed by atoms with Gasteiger partial charge < -0.3 is 10.1 Å². The van der Waals surface area contributed by atoms with Gasteiger partial charge in [0.25, 0.3) is 6.43 Å². The van der Waals surface area contributed by atoms with Crippen molar-refractivity contribution in [3.63, 3.8) is 0 Å². The van der Waals surface area contributed by atoms with Crippen LogP contribution in [0.1, 0.15) is 48.4 Å². The smallest absolute Gasteiger partial charge is 0.361 e. The van der Waals surface area contributed by atoms with Gasteiger partial charge in [-0.3, -0.25) is 0 Å². The number of aromatic nitrogens is 3. The van der Waals surface area contributed by atoms with Crippen LogP contribution in [0.25, 0.3) is 0 Å². The second-order valence-corrected chi connectivity index (χ2v) is 4.27. The van der Waals surface area contributed by atoms with E-state index < -0.39 is 18.1 Å². The molecule has 0 unspecified atom stereocenters. The molecule has 0 aliphatic carbocycles. The van der Waals surface area contributed by atoms with Crippen molar-refractivity contribution in [1.29, 1.82) is 0 Å². The maximum Gasteiger partial charge on any atom is 0.361 e. The van der Waals surface area contributed by atoms with Crippen LogP contribution in [0.4, 0.5) is 8.78 Å². The molecule has 0 radical (unpaired) electrons. The van der Waals surface area contributed by atoms with Crippen LogP contribution < -0.4 is 5.32 Å². The molecule has 0 spiro atoms. The van der Waals surface area contributed by atoms with E-state index in [0.717, 1.165) is 13.1 Å². The van der Waals surface area contributed by atoms with Crippen molar-refractivity contribution in [3.05, 3.63) is 11.4 Å². The summed E-state index contributed by atoms with van der Waals surface area (Å²) >= 11 is 0. The van der Waals surface area contributed by atoms with E-state index in [0.29, 0.717) is 12.8 Å². The summed E-state index contributed by atoms with van der Waals surface area (Å²) in [6.07, 6.45) is -1.43. The molecule has 114 valence electrons. The SMILES string of the molecule is CCOC(=O)c1nnn(C2CCNCC2)c1C(F)F.Cl. The number of alkyl halides is 2. The Bertz CT molecular complexity index is 450. The van der Waals surface area contributed by atoms with Crippen LogP contribution in [0, 0.1) is 0 Å². The summed E-state index contributed by atoms with van der Waals surface area (Å²) in [5.74, 6) is -0.849. The van der Waals surface area contributed by atoms with Crippen LogP contribution in [-0.4, -0.2) is 40.7 Å². The minimum absolute atomic E-state index is 0. The topological polar surface area (TPSA) is 69.0 Å². The van der Waals surface area contributed by atoms with Gasteiger partial charge in [-0.1, -0.05) is 5.21 Å². The Balaban J connectivity index is 0.00000200. The first-order valence-corrected chi connectivity index (χ1v) is 6.26. The highest BCUT2D eigenvalue weighted by Gasteiger charge is 2.31. The summed E-state index contributed by atoms with van der Waals surface area (Å²) < 4.78 is 32.2. The minimum Gasteiger partial charge on any atom is -0.461 e. The van der Waals surface area contributed by atoms with Gasteiger partial charge in [-0.25, -0.2) is 18.3 Å². The van der Waals surface area contributed by atoms with E-state index in [1.54, 1.807) is 6.92 Å². The van der Waals surface area contributed by atoms with Crippen LogP contribution in [0.3, 0.4) is 0 Å². The van der Waals surface area contributed by atoms with Gasteiger partial charge in [0.05, 0.1) is 12.6 Å². The van der Waals surface area contributed by atoms with E-state index in [1.807, 2.05) is 0 Å². The van der Waals surface area contributed by atoms with Crippen LogP contribution in [-0.2, 0) is 4.74 Å². The third kappa shape index (κ3) is 3.43. The normalized spacial score (nSPS) is 16.0. The van der Waals surface area contributed by atoms with Crippen LogP contribution >= 0.6 is 12.4 Å². The summed E-state index contributed by atoms with van der Waals surface area (Å²) in [6.45, 7) is 3.20. The second-order valence-electron chi connectivity index (χ2n) is 4.27. The van der Waals surface area contributed by atoms with Gasteiger partial charge in [0.1, 0.15) is 5.69 Å². The Morgan fingerprint density at radius 1 is 1.50 bits per heavy atom. The van der Waals surface area contributed by atoms with Crippen molar-refractivity contribution < 1.29 is 18.3 Å². The highest BCUT2D eigenvalue weighted by molar-refractivity contribution is 5.88. The molecule has 9 heteroatoms. The quantitative estimate of drug-likeness (QED) is 0.858. The van der Waals surface area contributed by atoms with E-state index in [9.17, 15) is 13.6 Å². The number of ether oxygens (including phenoxy) is 1. The standard InChI is InChI=1S/C11H16F2N4O2.ClH/c1-2-19-11(18)8-9(10(12)13)17(16-15-8)7-3-5-14-6-4-7;/h7,10,14H,2-6H2,1H3;1H. The molecule has 1 aliphatic heterocycles. The van der Waals surface area contributed by atoms with Crippen molar-refractivity contribution in [2.24, 2.45) is 0 Å². The first-order chi connectivity index (χ1) is 9.15. The zero-order chi connectivity index (χ0) is 13.8. The Morgan fingerprint density at radius 2 is 2.15 bits per heavy atom. The molecule has 2 heterocycles. The van der Waals surface area contributed by atoms with Crippen molar-refractivity contribution in [2.45, 2.75) is 32.2 Å². The molecule has 1 aliphatic rings. The molecule has 0 atom stereocenters. The fourth-order valence-corrected chi connectivity index (χ4v) is 2.17. The molecule has 0 bridgehead atoms. The van der Waals surface area contributed by atoms with Gasteiger partial charge in [0, 0.05) is 0 Å². The summed E-state index contributed by atoms with van der Waals surface area (Å²) in [4.78, 5) is 11.6. The van der Waals surface area contributed by atoms with Crippen molar-refractivity contribution in [3.8, 4) is 0 Å². The third-order valence-electron chi connectivity index (χ3n) is 3.06. The second kappa shape index (κ2) is 7.49. The zero-order valence-corrected chi connectivity index (χ0v) is 11.8. The number of nitrogens with one attached hydrogen (secondary N) is 1. The lowest BCUT2D eigenvalue weighted by molar-refractivity contribution is 0.0506. The monoisotopic (exact) mass is 310 g/mol. The number of nitrogens with zero attached hydrogens (tertiary/aromatic N) is 3. The molecule has 20 heavy (non-hydrogen) atoms. The molecule has 1 N–H and O–H groups in total. The average Bonchev–Trinajstić information content (AvgIpc) is 2.85. The largest absolute Gasteiger partial charge is 0.461 e. The van der Waals surface area contributed by atoms with Crippen molar-refractivity contribution in [1.82, 2.24) is 20.3 Å². The highest BCUT2D eigenvalue weighted by atomic mass is 35.5. The van der Waals surface area contributed by atoms with Gasteiger partial charge >= 0.3 is 5.97 Å². The van der Waals surface area contributed by atoms with E-state index >= 15 is 0 Å². The Labute approximate surface area is 121 Å². The Kier molecular flexibility index (Phi) is 6.28. The first kappa shape index (κ1) is 16.8. The molecule has 1 saturated heterocycles. The Hall–Kier alpha value is -1.28. The molecular formula is C11H17ClF2N4O2. The molecule has 1 aromatic rings. The van der Waals surface area contributed by atoms with E-state index in [2.05, 4.69) is 15.6 Å². The van der Waals surface area contributed by atoms with E-state index in [4.69, 9.17) is 4.74 Å². The lowest BCUT2D eigenvalue weighted by atomic mass is 10.1. The predicted octanol–water partition coefficient (Wildman–Crippen LogP) is 1.74. The molecular weight excluding hydrogens is 294 g/mol. The molecule has 1 aromatic heterocycles. The lowest BCUT2D eigenvalue weighted by Gasteiger charge is -2.23. The van der Waals surface area contributed by atoms with Gasteiger partial charge in [-0.05, 0) is 32.9 Å². The van der Waals surface area contributed by atoms with E-state index in [-0.39, 0.29) is 30.7 Å². The lowest BCUT2D eigenvalue weighted by Crippen LogP contribution is -2.30. The number of carbonyl (C=O) groups is 1. The molecule has 1 fully saturated rings. The van der Waals surface area contributed by atoms with E-state index in [1.165, 1.54) is 4.68 Å². The Morgan fingerprint density at radius 3 is 2.70 bits per heavy atom. The van der Waals surface area contributed by atoms with Gasteiger partial charge in [0.15, 0.2) is 5.69 Å². The van der Waals surface area contributed by atoms with Crippen molar-refractivity contribution in [2.75, 3.05) is 19.7 Å². The molecule has 0 saturated carbocycles. The number of rotatable bonds is 4. The predicted molar refractivity (Wildman–Crippen MR) is 69.3 cm³/mol. The fourth-order valence-electron chi connectivity index (χ4n) is 2.17. The third-order valence-corrected chi connectivity index (χ3v) is 3.06. The van der Waals surface area contributed by atoms with Crippen molar-refractivity contribution >= 4 is 18.4 Å². The highest BCUT2D eigenvalue weighted by Crippen LogP contribution is 2.28. The molecule has 0 amide bonds. The number of hydrogen-bond donors (Lipinski definition) is 1. The van der Waals surface area contributed by atoms with Gasteiger partial charge in [-0.15, -0.1) is 17.5 Å². The maximum atomic E-state index is 13.2. The zero-order valence-electron chi connectivity index (χ0n) is 11.0.